The fourth-order valence-corrected chi connectivity index (χ4v) is 4.16. The van der Waals surface area contributed by atoms with E-state index < -0.39 is 53.5 Å². The highest BCUT2D eigenvalue weighted by atomic mass is 19.4. The number of rotatable bonds is 6. The van der Waals surface area contributed by atoms with Crippen molar-refractivity contribution in [2.24, 2.45) is 0 Å². The number of aryl methyl sites for hydroxylation is 1. The summed E-state index contributed by atoms with van der Waals surface area (Å²) in [6.07, 6.45) is -4.61. The Morgan fingerprint density at radius 1 is 0.957 bits per heavy atom. The van der Waals surface area contributed by atoms with Crippen molar-refractivity contribution in [2.75, 3.05) is 19.0 Å². The molecule has 0 aliphatic carbocycles. The van der Waals surface area contributed by atoms with E-state index in [1.807, 2.05) is 38.3 Å². The van der Waals surface area contributed by atoms with Crippen LogP contribution in [0.15, 0.2) is 24.3 Å². The Labute approximate surface area is 268 Å². The molecular weight excluding hydrogens is 614 g/mol. The molecule has 0 radical (unpaired) electrons. The lowest BCUT2D eigenvalue weighted by Crippen LogP contribution is -2.41. The van der Waals surface area contributed by atoms with Gasteiger partial charge in [0.15, 0.2) is 0 Å². The molecule has 1 fully saturated rings. The Morgan fingerprint density at radius 2 is 1.46 bits per heavy atom. The number of methoxy groups -OCH3 is 1. The number of amides is 1. The molecule has 2 N–H and O–H groups in total. The highest BCUT2D eigenvalue weighted by Crippen LogP contribution is 2.37. The largest absolute Gasteiger partial charge is 0.495 e. The van der Waals surface area contributed by atoms with Crippen LogP contribution in [0.5, 0.6) is 0 Å². The number of fused-ring (bicyclic) bond motifs is 1. The molecule has 2 aliphatic heterocycles. The molecule has 46 heavy (non-hydrogen) atoms. The number of hydrogen-bond acceptors (Lipinski definition) is 7. The van der Waals surface area contributed by atoms with Crippen LogP contribution in [0.3, 0.4) is 0 Å². The Balaban J connectivity index is 0.000000419. The zero-order valence-corrected chi connectivity index (χ0v) is 28.4. The van der Waals surface area contributed by atoms with Crippen LogP contribution < -0.4 is 16.1 Å². The van der Waals surface area contributed by atoms with Crippen LogP contribution in [0, 0.1) is 18.6 Å². The average Bonchev–Trinajstić information content (AvgIpc) is 3.55. The SMILES string of the molecule is CC.CC.COC(=O)CNC(=O)c1c(F)cc(NC(C)C(F)(F)F)cc1F.Cc1ccc(B2OC(C)(C)C(C)(C)O2)c2c1COC2. The number of carbonyl (C=O) groups is 2. The first-order chi connectivity index (χ1) is 21.4. The van der Waals surface area contributed by atoms with E-state index in [-0.39, 0.29) is 18.3 Å². The number of anilines is 1. The first-order valence-electron chi connectivity index (χ1n) is 15.1. The van der Waals surface area contributed by atoms with E-state index in [2.05, 4.69) is 51.5 Å². The molecule has 4 rings (SSSR count). The summed E-state index contributed by atoms with van der Waals surface area (Å²) in [5.41, 5.74) is 2.87. The van der Waals surface area contributed by atoms with Crippen molar-refractivity contribution < 1.29 is 50.3 Å². The van der Waals surface area contributed by atoms with Crippen LogP contribution in [-0.4, -0.2) is 56.1 Å². The van der Waals surface area contributed by atoms with Gasteiger partial charge in [0.1, 0.15) is 29.8 Å². The number of alkyl halides is 3. The molecular formula is C32H46BF5N2O6. The molecule has 2 aromatic rings. The van der Waals surface area contributed by atoms with Crippen LogP contribution in [-0.2, 0) is 36.8 Å². The Kier molecular flexibility index (Phi) is 15.1. The van der Waals surface area contributed by atoms with Crippen molar-refractivity contribution in [2.45, 2.75) is 106 Å². The maximum absolute atomic E-state index is 13.8. The summed E-state index contributed by atoms with van der Waals surface area (Å²) in [6.45, 7) is 20.0. The molecule has 8 nitrogen and oxygen atoms in total. The first-order valence-corrected chi connectivity index (χ1v) is 15.1. The predicted molar refractivity (Wildman–Crippen MR) is 168 cm³/mol. The number of halogens is 5. The third-order valence-electron chi connectivity index (χ3n) is 7.47. The summed E-state index contributed by atoms with van der Waals surface area (Å²) in [7, 11) is 0.763. The molecule has 0 saturated carbocycles. The third-order valence-corrected chi connectivity index (χ3v) is 7.47. The number of carbonyl (C=O) groups excluding carboxylic acids is 2. The van der Waals surface area contributed by atoms with Crippen molar-refractivity contribution in [1.82, 2.24) is 5.32 Å². The maximum atomic E-state index is 13.8. The van der Waals surface area contributed by atoms with Crippen molar-refractivity contribution in [3.8, 4) is 0 Å². The Morgan fingerprint density at radius 3 is 1.93 bits per heavy atom. The lowest BCUT2D eigenvalue weighted by atomic mass is 9.74. The van der Waals surface area contributed by atoms with Crippen molar-refractivity contribution in [1.29, 1.82) is 0 Å². The van der Waals surface area contributed by atoms with Gasteiger partial charge in [-0.25, -0.2) is 8.78 Å². The van der Waals surface area contributed by atoms with E-state index in [0.717, 1.165) is 19.5 Å². The molecule has 2 heterocycles. The van der Waals surface area contributed by atoms with E-state index in [1.54, 1.807) is 0 Å². The molecule has 1 unspecified atom stereocenters. The van der Waals surface area contributed by atoms with Gasteiger partial charge in [0.25, 0.3) is 5.91 Å². The highest BCUT2D eigenvalue weighted by Gasteiger charge is 2.52. The van der Waals surface area contributed by atoms with Crippen LogP contribution in [0.1, 0.15) is 89.4 Å². The molecule has 14 heteroatoms. The molecule has 1 saturated heterocycles. The predicted octanol–water partition coefficient (Wildman–Crippen LogP) is 6.61. The lowest BCUT2D eigenvalue weighted by molar-refractivity contribution is -0.139. The summed E-state index contributed by atoms with van der Waals surface area (Å²) in [5, 5.41) is 3.80. The second-order valence-electron chi connectivity index (χ2n) is 11.0. The molecule has 0 aromatic heterocycles. The van der Waals surface area contributed by atoms with Gasteiger partial charge in [-0.3, -0.25) is 9.59 Å². The normalized spacial score (nSPS) is 16.3. The minimum atomic E-state index is -4.61. The van der Waals surface area contributed by atoms with Crippen LogP contribution in [0.4, 0.5) is 27.6 Å². The molecule has 2 aliphatic rings. The van der Waals surface area contributed by atoms with Gasteiger partial charge in [-0.1, -0.05) is 39.8 Å². The van der Waals surface area contributed by atoms with Gasteiger partial charge in [0.05, 0.1) is 31.5 Å². The van der Waals surface area contributed by atoms with E-state index in [9.17, 15) is 31.5 Å². The topological polar surface area (TPSA) is 95.1 Å². The molecule has 0 bridgehead atoms. The van der Waals surface area contributed by atoms with E-state index in [1.165, 1.54) is 16.7 Å². The van der Waals surface area contributed by atoms with Gasteiger partial charge in [-0.05, 0) is 75.8 Å². The number of ether oxygens (including phenoxy) is 2. The van der Waals surface area contributed by atoms with Gasteiger partial charge < -0.3 is 29.4 Å². The fraction of sp³-hybridized carbons (Fsp3) is 0.562. The lowest BCUT2D eigenvalue weighted by Gasteiger charge is -2.32. The number of esters is 1. The van der Waals surface area contributed by atoms with Gasteiger partial charge in [0, 0.05) is 5.69 Å². The fourth-order valence-electron chi connectivity index (χ4n) is 4.16. The zero-order chi connectivity index (χ0) is 35.6. The summed E-state index contributed by atoms with van der Waals surface area (Å²) in [5.74, 6) is -4.81. The average molecular weight is 661 g/mol. The molecule has 258 valence electrons. The van der Waals surface area contributed by atoms with E-state index in [4.69, 9.17) is 14.0 Å². The van der Waals surface area contributed by atoms with Crippen LogP contribution in [0.25, 0.3) is 0 Å². The van der Waals surface area contributed by atoms with Gasteiger partial charge in [-0.15, -0.1) is 0 Å². The van der Waals surface area contributed by atoms with Gasteiger partial charge >= 0.3 is 19.3 Å². The second kappa shape index (κ2) is 17.1. The van der Waals surface area contributed by atoms with E-state index in [0.29, 0.717) is 25.3 Å². The zero-order valence-electron chi connectivity index (χ0n) is 28.4. The summed E-state index contributed by atoms with van der Waals surface area (Å²) >= 11 is 0. The molecule has 1 amide bonds. The Bertz CT molecular complexity index is 1300. The summed E-state index contributed by atoms with van der Waals surface area (Å²) in [4.78, 5) is 22.4. The maximum Gasteiger partial charge on any atom is 0.495 e. The third kappa shape index (κ3) is 10.1. The van der Waals surface area contributed by atoms with Gasteiger partial charge in [0.2, 0.25) is 0 Å². The van der Waals surface area contributed by atoms with E-state index >= 15 is 0 Å². The minimum Gasteiger partial charge on any atom is -0.468 e. The minimum absolute atomic E-state index is 0.291. The molecule has 1 atom stereocenters. The summed E-state index contributed by atoms with van der Waals surface area (Å²) in [6, 6.07) is 3.32. The standard InChI is InChI=1S/C15H21BO3.C13H13F5N2O3.2C2H6/c1-10-6-7-13(12-9-17-8-11(10)12)16-18-14(2,3)15(4,5)19-16;1-6(13(16,17)18)20-7-3-8(14)11(9(15)4-7)12(22)19-5-10(21)23-2;2*1-2/h6-7H,8-9H2,1-5H3;3-4,6,20H,5H2,1-2H3,(H,19,22);2*1-2H3. The second-order valence-corrected chi connectivity index (χ2v) is 11.0. The van der Waals surface area contributed by atoms with Crippen LogP contribution >= 0.6 is 0 Å². The van der Waals surface area contributed by atoms with Crippen molar-refractivity contribution >= 4 is 30.1 Å². The van der Waals surface area contributed by atoms with Crippen molar-refractivity contribution in [3.63, 3.8) is 0 Å². The quantitative estimate of drug-likeness (QED) is 0.205. The van der Waals surface area contributed by atoms with Gasteiger partial charge in [-0.2, -0.15) is 13.2 Å². The summed E-state index contributed by atoms with van der Waals surface area (Å²) < 4.78 is 86.8. The first kappa shape index (κ1) is 40.8. The number of nitrogens with one attached hydrogen (secondary N) is 2. The molecule has 2 aromatic carbocycles. The Hall–Kier alpha value is -3.23. The number of hydrogen-bond donors (Lipinski definition) is 2. The highest BCUT2D eigenvalue weighted by molar-refractivity contribution is 6.62. The molecule has 0 spiro atoms. The van der Waals surface area contributed by atoms with Crippen LogP contribution in [0.2, 0.25) is 0 Å². The monoisotopic (exact) mass is 660 g/mol. The number of benzene rings is 2. The van der Waals surface area contributed by atoms with Crippen molar-refractivity contribution in [3.05, 3.63) is 58.2 Å². The smallest absolute Gasteiger partial charge is 0.468 e.